The van der Waals surface area contributed by atoms with Crippen LogP contribution >= 0.6 is 0 Å². The molecular formula is C7H7BrLiN. The minimum atomic E-state index is 0. The molecule has 1 aromatic rings. The van der Waals surface area contributed by atoms with Gasteiger partial charge in [-0.05, 0) is 17.7 Å². The fourth-order valence-corrected chi connectivity index (χ4v) is 0.500. The van der Waals surface area contributed by atoms with E-state index in [0.717, 1.165) is 5.56 Å². The molecule has 0 radical (unpaired) electrons. The average molecular weight is 192 g/mol. The van der Waals surface area contributed by atoms with E-state index in [-0.39, 0.29) is 35.8 Å². The molecule has 1 nitrogen and oxygen atoms in total. The van der Waals surface area contributed by atoms with Gasteiger partial charge < -0.3 is 17.0 Å². The summed E-state index contributed by atoms with van der Waals surface area (Å²) in [5.41, 5.74) is 1.11. The Kier molecular flexibility index (Phi) is 8.94. The normalized spacial score (nSPS) is 6.80. The molecule has 0 saturated carbocycles. The van der Waals surface area contributed by atoms with Crippen molar-refractivity contribution in [3.63, 3.8) is 0 Å². The van der Waals surface area contributed by atoms with Gasteiger partial charge in [-0.1, -0.05) is 12.7 Å². The number of nitrogens with zero attached hydrogens (tertiary/aromatic N) is 1. The molecule has 1 rings (SSSR count). The maximum Gasteiger partial charge on any atom is 1.00 e. The average Bonchev–Trinajstić information content (AvgIpc) is 1.90. The maximum absolute atomic E-state index is 3.85. The third-order valence-electron chi connectivity index (χ3n) is 0.942. The third kappa shape index (κ3) is 3.89. The number of halogens is 1. The molecule has 0 amide bonds. The Bertz CT molecular complexity index is 176. The maximum atomic E-state index is 3.85. The van der Waals surface area contributed by atoms with E-state index in [4.69, 9.17) is 0 Å². The van der Waals surface area contributed by atoms with E-state index in [0.29, 0.717) is 0 Å². The SMILES string of the molecule is C=Cc1ccncc1.[Br-].[Li+]. The Hall–Kier alpha value is -0.0326. The number of hydrogen-bond acceptors (Lipinski definition) is 1. The molecule has 3 heteroatoms. The summed E-state index contributed by atoms with van der Waals surface area (Å²) < 4.78 is 0. The molecule has 0 aliphatic heterocycles. The molecule has 0 bridgehead atoms. The minimum Gasteiger partial charge on any atom is -1.00 e. The summed E-state index contributed by atoms with van der Waals surface area (Å²) in [5.74, 6) is 0. The van der Waals surface area contributed by atoms with Crippen LogP contribution in [0.5, 0.6) is 0 Å². The Balaban J connectivity index is 0. The van der Waals surface area contributed by atoms with Gasteiger partial charge in [0.05, 0.1) is 0 Å². The van der Waals surface area contributed by atoms with E-state index in [9.17, 15) is 0 Å². The topological polar surface area (TPSA) is 12.9 Å². The van der Waals surface area contributed by atoms with Crippen molar-refractivity contribution in [2.24, 2.45) is 0 Å². The molecule has 0 N–H and O–H groups in total. The van der Waals surface area contributed by atoms with Crippen LogP contribution in [0.25, 0.3) is 6.08 Å². The molecule has 0 aromatic carbocycles. The number of pyridine rings is 1. The molecule has 0 fully saturated rings. The first kappa shape index (κ1) is 12.6. The van der Waals surface area contributed by atoms with Crippen LogP contribution in [0.1, 0.15) is 5.56 Å². The summed E-state index contributed by atoms with van der Waals surface area (Å²) in [6.07, 6.45) is 5.29. The van der Waals surface area contributed by atoms with Crippen molar-refractivity contribution in [1.82, 2.24) is 4.98 Å². The first-order chi connectivity index (χ1) is 3.93. The van der Waals surface area contributed by atoms with E-state index in [1.165, 1.54) is 0 Å². The van der Waals surface area contributed by atoms with Gasteiger partial charge in [0.2, 0.25) is 0 Å². The Morgan fingerprint density at radius 2 is 1.80 bits per heavy atom. The quantitative estimate of drug-likeness (QED) is 0.410. The van der Waals surface area contributed by atoms with E-state index >= 15 is 0 Å². The van der Waals surface area contributed by atoms with Crippen LogP contribution in [0, 0.1) is 0 Å². The van der Waals surface area contributed by atoms with Crippen LogP contribution < -0.4 is 35.8 Å². The minimum absolute atomic E-state index is 0. The summed E-state index contributed by atoms with van der Waals surface area (Å²) in [4.78, 5) is 3.85. The fourth-order valence-electron chi connectivity index (χ4n) is 0.500. The molecule has 1 heterocycles. The summed E-state index contributed by atoms with van der Waals surface area (Å²) in [6.45, 7) is 3.60. The smallest absolute Gasteiger partial charge is 1.00 e. The van der Waals surface area contributed by atoms with Gasteiger partial charge >= 0.3 is 18.9 Å². The molecule has 10 heavy (non-hydrogen) atoms. The second kappa shape index (κ2) is 7.08. The molecule has 0 aliphatic carbocycles. The van der Waals surface area contributed by atoms with E-state index in [1.807, 2.05) is 12.1 Å². The summed E-state index contributed by atoms with van der Waals surface area (Å²) in [5, 5.41) is 0. The largest absolute Gasteiger partial charge is 1.00 e. The van der Waals surface area contributed by atoms with Crippen molar-refractivity contribution >= 4 is 6.08 Å². The number of rotatable bonds is 1. The van der Waals surface area contributed by atoms with E-state index in [2.05, 4.69) is 11.6 Å². The molecule has 0 saturated heterocycles. The van der Waals surface area contributed by atoms with Crippen molar-refractivity contribution in [1.29, 1.82) is 0 Å². The predicted octanol–water partition coefficient (Wildman–Crippen LogP) is -4.27. The van der Waals surface area contributed by atoms with Crippen molar-refractivity contribution in [2.45, 2.75) is 0 Å². The number of hydrogen-bond donors (Lipinski definition) is 0. The van der Waals surface area contributed by atoms with Gasteiger partial charge in [-0.3, -0.25) is 4.98 Å². The van der Waals surface area contributed by atoms with Crippen molar-refractivity contribution in [2.75, 3.05) is 0 Å². The van der Waals surface area contributed by atoms with Crippen LogP contribution in [0.2, 0.25) is 0 Å². The standard InChI is InChI=1S/C7H7N.BrH.Li/c1-2-7-3-5-8-6-4-7;;/h2-6H,1H2;1H;/q;;+1/p-1. The van der Waals surface area contributed by atoms with Gasteiger partial charge in [0.15, 0.2) is 0 Å². The fraction of sp³-hybridized carbons (Fsp3) is 0. The van der Waals surface area contributed by atoms with Gasteiger partial charge in [0, 0.05) is 12.4 Å². The first-order valence-corrected chi connectivity index (χ1v) is 2.46. The second-order valence-electron chi connectivity index (χ2n) is 1.48. The van der Waals surface area contributed by atoms with Crippen LogP contribution in [-0.4, -0.2) is 4.98 Å². The summed E-state index contributed by atoms with van der Waals surface area (Å²) >= 11 is 0. The van der Waals surface area contributed by atoms with Crippen LogP contribution in [-0.2, 0) is 0 Å². The number of aromatic nitrogens is 1. The first-order valence-electron chi connectivity index (χ1n) is 2.46. The Morgan fingerprint density at radius 3 is 2.10 bits per heavy atom. The van der Waals surface area contributed by atoms with Gasteiger partial charge in [0.1, 0.15) is 0 Å². The predicted molar refractivity (Wildman–Crippen MR) is 34.3 cm³/mol. The zero-order valence-electron chi connectivity index (χ0n) is 5.92. The molecule has 0 aliphatic rings. The Labute approximate surface area is 83.5 Å². The molecule has 0 atom stereocenters. The zero-order chi connectivity index (χ0) is 5.82. The van der Waals surface area contributed by atoms with Crippen LogP contribution in [0.3, 0.4) is 0 Å². The monoisotopic (exact) mass is 191 g/mol. The van der Waals surface area contributed by atoms with Crippen molar-refractivity contribution in [3.8, 4) is 0 Å². The van der Waals surface area contributed by atoms with Crippen LogP contribution in [0.4, 0.5) is 0 Å². The zero-order valence-corrected chi connectivity index (χ0v) is 7.51. The van der Waals surface area contributed by atoms with Gasteiger partial charge in [-0.15, -0.1) is 0 Å². The van der Waals surface area contributed by atoms with Gasteiger partial charge in [-0.2, -0.15) is 0 Å². The van der Waals surface area contributed by atoms with E-state index in [1.54, 1.807) is 18.5 Å². The van der Waals surface area contributed by atoms with Crippen molar-refractivity contribution < 1.29 is 35.8 Å². The van der Waals surface area contributed by atoms with E-state index < -0.39 is 0 Å². The second-order valence-corrected chi connectivity index (χ2v) is 1.48. The van der Waals surface area contributed by atoms with Gasteiger partial charge in [-0.25, -0.2) is 0 Å². The molecule has 0 unspecified atom stereocenters. The van der Waals surface area contributed by atoms with Crippen molar-refractivity contribution in [3.05, 3.63) is 36.7 Å². The third-order valence-corrected chi connectivity index (χ3v) is 0.942. The van der Waals surface area contributed by atoms with Gasteiger partial charge in [0.25, 0.3) is 0 Å². The molecule has 1 aromatic heterocycles. The Morgan fingerprint density at radius 1 is 1.30 bits per heavy atom. The molecule has 48 valence electrons. The van der Waals surface area contributed by atoms with Crippen LogP contribution in [0.15, 0.2) is 31.1 Å². The summed E-state index contributed by atoms with van der Waals surface area (Å²) in [6, 6.07) is 3.82. The molecule has 0 spiro atoms. The molecular weight excluding hydrogens is 185 g/mol. The summed E-state index contributed by atoms with van der Waals surface area (Å²) in [7, 11) is 0.